The Morgan fingerprint density at radius 1 is 0.968 bits per heavy atom. The molecule has 0 aromatic heterocycles. The Balaban J connectivity index is 1.33. The normalized spacial score (nSPS) is 20.3. The molecule has 0 spiro atoms. The van der Waals surface area contributed by atoms with Gasteiger partial charge in [-0.05, 0) is 42.0 Å². The van der Waals surface area contributed by atoms with Gasteiger partial charge in [-0.25, -0.2) is 4.79 Å². The van der Waals surface area contributed by atoms with Gasteiger partial charge in [-0.2, -0.15) is 0 Å². The molecule has 3 amide bonds. The van der Waals surface area contributed by atoms with Gasteiger partial charge in [0, 0.05) is 64.3 Å². The largest absolute Gasteiger partial charge is 0.434 e. The molecule has 0 N–H and O–H groups in total. The number of benzene rings is 1. The van der Waals surface area contributed by atoms with E-state index in [1.54, 1.807) is 4.90 Å². The SMILES string of the molecule is CC(C)c1cc(N2CCCC2)ccc1CN1CCN(C(=O)ON2C(=O)CCC2=O)CC1. The van der Waals surface area contributed by atoms with Gasteiger partial charge in [0.15, 0.2) is 0 Å². The van der Waals surface area contributed by atoms with Gasteiger partial charge in [0.2, 0.25) is 0 Å². The lowest BCUT2D eigenvalue weighted by Gasteiger charge is -2.35. The van der Waals surface area contributed by atoms with Crippen LogP contribution in [0.4, 0.5) is 10.5 Å². The van der Waals surface area contributed by atoms with Crippen LogP contribution in [0.2, 0.25) is 0 Å². The van der Waals surface area contributed by atoms with E-state index in [2.05, 4.69) is 41.8 Å². The van der Waals surface area contributed by atoms with E-state index in [1.165, 1.54) is 29.7 Å². The summed E-state index contributed by atoms with van der Waals surface area (Å²) < 4.78 is 0. The zero-order valence-corrected chi connectivity index (χ0v) is 18.5. The highest BCUT2D eigenvalue weighted by molar-refractivity contribution is 6.01. The van der Waals surface area contributed by atoms with E-state index in [-0.39, 0.29) is 12.8 Å². The van der Waals surface area contributed by atoms with E-state index in [0.717, 1.165) is 32.7 Å². The van der Waals surface area contributed by atoms with Gasteiger partial charge in [-0.15, -0.1) is 5.06 Å². The first-order chi connectivity index (χ1) is 14.9. The predicted octanol–water partition coefficient (Wildman–Crippen LogP) is 2.73. The molecule has 3 fully saturated rings. The molecule has 3 saturated heterocycles. The summed E-state index contributed by atoms with van der Waals surface area (Å²) in [5.41, 5.74) is 4.04. The summed E-state index contributed by atoms with van der Waals surface area (Å²) in [6.07, 6.45) is 2.13. The molecule has 0 saturated carbocycles. The molecule has 0 unspecified atom stereocenters. The van der Waals surface area contributed by atoms with Gasteiger partial charge in [0.25, 0.3) is 11.8 Å². The van der Waals surface area contributed by atoms with Crippen LogP contribution < -0.4 is 4.90 Å². The number of imide groups is 1. The molecule has 1 aromatic carbocycles. The number of nitrogens with zero attached hydrogens (tertiary/aromatic N) is 4. The molecule has 3 aliphatic heterocycles. The fourth-order valence-corrected chi connectivity index (χ4v) is 4.56. The number of carbonyl (C=O) groups is 3. The third kappa shape index (κ3) is 4.84. The monoisotopic (exact) mass is 428 g/mol. The summed E-state index contributed by atoms with van der Waals surface area (Å²) in [7, 11) is 0. The molecule has 8 nitrogen and oxygen atoms in total. The van der Waals surface area contributed by atoms with Crippen LogP contribution in [0, 0.1) is 0 Å². The molecule has 0 aliphatic carbocycles. The van der Waals surface area contributed by atoms with Crippen molar-refractivity contribution in [3.05, 3.63) is 29.3 Å². The molecule has 8 heteroatoms. The number of hydrogen-bond acceptors (Lipinski definition) is 6. The van der Waals surface area contributed by atoms with E-state index in [4.69, 9.17) is 4.84 Å². The minimum absolute atomic E-state index is 0.106. The fourth-order valence-electron chi connectivity index (χ4n) is 4.56. The highest BCUT2D eigenvalue weighted by Gasteiger charge is 2.35. The van der Waals surface area contributed by atoms with Crippen LogP contribution in [-0.2, 0) is 21.0 Å². The average Bonchev–Trinajstić information content (AvgIpc) is 3.40. The van der Waals surface area contributed by atoms with Crippen LogP contribution >= 0.6 is 0 Å². The summed E-state index contributed by atoms with van der Waals surface area (Å²) in [5, 5.41) is 0.617. The fraction of sp³-hybridized carbons (Fsp3) is 0.609. The maximum Gasteiger partial charge on any atom is 0.434 e. The second-order valence-corrected chi connectivity index (χ2v) is 8.93. The van der Waals surface area contributed by atoms with Crippen LogP contribution in [-0.4, -0.2) is 72.0 Å². The predicted molar refractivity (Wildman–Crippen MR) is 116 cm³/mol. The Bertz CT molecular complexity index is 826. The molecule has 3 heterocycles. The Hall–Kier alpha value is -2.61. The van der Waals surface area contributed by atoms with Crippen molar-refractivity contribution in [3.8, 4) is 0 Å². The number of hydrogen-bond donors (Lipinski definition) is 0. The first-order valence-corrected chi connectivity index (χ1v) is 11.3. The third-order valence-corrected chi connectivity index (χ3v) is 6.42. The van der Waals surface area contributed by atoms with Crippen molar-refractivity contribution in [3.63, 3.8) is 0 Å². The number of carbonyl (C=O) groups excluding carboxylic acids is 3. The first kappa shape index (κ1) is 21.6. The Morgan fingerprint density at radius 3 is 2.23 bits per heavy atom. The molecular weight excluding hydrogens is 396 g/mol. The van der Waals surface area contributed by atoms with Crippen LogP contribution in [0.5, 0.6) is 0 Å². The summed E-state index contributed by atoms with van der Waals surface area (Å²) in [5.74, 6) is -0.449. The van der Waals surface area contributed by atoms with Crippen molar-refractivity contribution in [2.24, 2.45) is 0 Å². The molecule has 0 radical (unpaired) electrons. The molecule has 1 aromatic rings. The van der Waals surface area contributed by atoms with Crippen molar-refractivity contribution in [2.45, 2.75) is 52.0 Å². The minimum atomic E-state index is -0.624. The molecule has 0 bridgehead atoms. The summed E-state index contributed by atoms with van der Waals surface area (Å²) in [6.45, 7) is 10.1. The van der Waals surface area contributed by atoms with E-state index in [0.29, 0.717) is 24.1 Å². The molecule has 31 heavy (non-hydrogen) atoms. The lowest BCUT2D eigenvalue weighted by molar-refractivity contribution is -0.174. The van der Waals surface area contributed by atoms with Gasteiger partial charge >= 0.3 is 6.09 Å². The van der Waals surface area contributed by atoms with Crippen molar-refractivity contribution in [1.29, 1.82) is 0 Å². The lowest BCUT2D eigenvalue weighted by atomic mass is 9.95. The molecule has 0 atom stereocenters. The standard InChI is InChI=1S/C23H32N4O4/c1-17(2)20-15-19(25-9-3-4-10-25)6-5-18(20)16-24-11-13-26(14-12-24)23(30)31-27-21(28)7-8-22(27)29/h5-6,15,17H,3-4,7-14,16H2,1-2H3. The van der Waals surface area contributed by atoms with Crippen LogP contribution in [0.15, 0.2) is 18.2 Å². The number of hydroxylamine groups is 2. The number of piperazine rings is 1. The maximum absolute atomic E-state index is 12.4. The van der Waals surface area contributed by atoms with Crippen molar-refractivity contribution < 1.29 is 19.2 Å². The van der Waals surface area contributed by atoms with E-state index in [9.17, 15) is 14.4 Å². The summed E-state index contributed by atoms with van der Waals surface area (Å²) >= 11 is 0. The smallest absolute Gasteiger partial charge is 0.372 e. The number of amides is 3. The van der Waals surface area contributed by atoms with Gasteiger partial charge < -0.3 is 14.6 Å². The summed E-state index contributed by atoms with van der Waals surface area (Å²) in [4.78, 5) is 47.1. The van der Waals surface area contributed by atoms with Crippen molar-refractivity contribution >= 4 is 23.6 Å². The molecule has 3 aliphatic rings. The van der Waals surface area contributed by atoms with Crippen LogP contribution in [0.25, 0.3) is 0 Å². The lowest BCUT2D eigenvalue weighted by Crippen LogP contribution is -2.50. The molecular formula is C23H32N4O4. The second-order valence-electron chi connectivity index (χ2n) is 8.93. The topological polar surface area (TPSA) is 73.4 Å². The highest BCUT2D eigenvalue weighted by atomic mass is 16.7. The van der Waals surface area contributed by atoms with Crippen molar-refractivity contribution in [1.82, 2.24) is 14.9 Å². The van der Waals surface area contributed by atoms with Crippen LogP contribution in [0.1, 0.15) is 56.6 Å². The van der Waals surface area contributed by atoms with Gasteiger partial charge in [-0.1, -0.05) is 19.9 Å². The van der Waals surface area contributed by atoms with E-state index >= 15 is 0 Å². The third-order valence-electron chi connectivity index (χ3n) is 6.42. The average molecular weight is 429 g/mol. The Kier molecular flexibility index (Phi) is 6.46. The van der Waals surface area contributed by atoms with Crippen LogP contribution in [0.3, 0.4) is 0 Å². The Morgan fingerprint density at radius 2 is 1.61 bits per heavy atom. The first-order valence-electron chi connectivity index (χ1n) is 11.3. The zero-order chi connectivity index (χ0) is 22.0. The number of rotatable bonds is 5. The number of anilines is 1. The minimum Gasteiger partial charge on any atom is -0.372 e. The highest BCUT2D eigenvalue weighted by Crippen LogP contribution is 2.29. The quantitative estimate of drug-likeness (QED) is 0.672. The maximum atomic E-state index is 12.4. The second kappa shape index (κ2) is 9.26. The molecule has 168 valence electrons. The van der Waals surface area contributed by atoms with Gasteiger partial charge in [0.1, 0.15) is 0 Å². The molecule has 4 rings (SSSR count). The Labute approximate surface area is 183 Å². The van der Waals surface area contributed by atoms with E-state index in [1.807, 2.05) is 0 Å². The summed E-state index contributed by atoms with van der Waals surface area (Å²) in [6, 6.07) is 6.85. The van der Waals surface area contributed by atoms with Crippen molar-refractivity contribution in [2.75, 3.05) is 44.2 Å². The van der Waals surface area contributed by atoms with Gasteiger partial charge in [-0.3, -0.25) is 14.5 Å². The van der Waals surface area contributed by atoms with E-state index < -0.39 is 17.9 Å². The zero-order valence-electron chi connectivity index (χ0n) is 18.5. The van der Waals surface area contributed by atoms with Gasteiger partial charge in [0.05, 0.1) is 0 Å².